The van der Waals surface area contributed by atoms with Crippen molar-refractivity contribution in [3.05, 3.63) is 127 Å². The van der Waals surface area contributed by atoms with Gasteiger partial charge in [0, 0.05) is 22.1 Å². The van der Waals surface area contributed by atoms with Gasteiger partial charge in [-0.25, -0.2) is 0 Å². The van der Waals surface area contributed by atoms with Gasteiger partial charge in [-0.3, -0.25) is 0 Å². The van der Waals surface area contributed by atoms with Gasteiger partial charge in [0.25, 0.3) is 0 Å². The van der Waals surface area contributed by atoms with Crippen LogP contribution in [0.4, 0.5) is 17.1 Å². The lowest BCUT2D eigenvalue weighted by molar-refractivity contribution is 1.30. The molecule has 0 aliphatic rings. The molecule has 0 amide bonds. The second-order valence-electron chi connectivity index (χ2n) is 8.58. The Hall–Kier alpha value is -4.36. The van der Waals surface area contributed by atoms with Gasteiger partial charge in [-0.05, 0) is 62.6 Å². The highest BCUT2D eigenvalue weighted by Crippen LogP contribution is 2.47. The first-order chi connectivity index (χ1) is 16.4. The van der Waals surface area contributed by atoms with E-state index in [-0.39, 0.29) is 0 Å². The Bertz CT molecular complexity index is 1710. The first-order valence-electron chi connectivity index (χ1n) is 11.4. The van der Waals surface area contributed by atoms with Crippen molar-refractivity contribution in [1.82, 2.24) is 0 Å². The van der Waals surface area contributed by atoms with Crippen molar-refractivity contribution in [3.8, 4) is 0 Å². The maximum absolute atomic E-state index is 2.39. The van der Waals surface area contributed by atoms with E-state index in [1.807, 2.05) is 0 Å². The van der Waals surface area contributed by atoms with Crippen molar-refractivity contribution in [2.45, 2.75) is 0 Å². The van der Waals surface area contributed by atoms with E-state index in [2.05, 4.69) is 132 Å². The summed E-state index contributed by atoms with van der Waals surface area (Å²) in [5.74, 6) is 0. The van der Waals surface area contributed by atoms with Crippen LogP contribution in [-0.2, 0) is 0 Å². The maximum Gasteiger partial charge on any atom is 0.0546 e. The molecule has 0 heterocycles. The molecule has 0 bridgehead atoms. The molecule has 0 aliphatic carbocycles. The van der Waals surface area contributed by atoms with Crippen LogP contribution in [0.25, 0.3) is 43.1 Å². The molecular formula is C32H21N. The molecule has 7 aromatic rings. The van der Waals surface area contributed by atoms with Gasteiger partial charge in [-0.1, -0.05) is 97.1 Å². The predicted molar refractivity (Wildman–Crippen MR) is 142 cm³/mol. The second-order valence-corrected chi connectivity index (χ2v) is 8.58. The minimum Gasteiger partial charge on any atom is -0.310 e. The van der Waals surface area contributed by atoms with E-state index < -0.39 is 0 Å². The minimum atomic E-state index is 1.16. The van der Waals surface area contributed by atoms with Gasteiger partial charge in [0.2, 0.25) is 0 Å². The number of para-hydroxylation sites is 2. The summed E-state index contributed by atoms with van der Waals surface area (Å²) >= 11 is 0. The van der Waals surface area contributed by atoms with Crippen molar-refractivity contribution in [3.63, 3.8) is 0 Å². The molecule has 154 valence electrons. The van der Waals surface area contributed by atoms with E-state index in [0.29, 0.717) is 0 Å². The lowest BCUT2D eigenvalue weighted by Gasteiger charge is -2.28. The number of hydrogen-bond donors (Lipinski definition) is 0. The van der Waals surface area contributed by atoms with E-state index in [9.17, 15) is 0 Å². The Morgan fingerprint density at radius 2 is 0.848 bits per heavy atom. The third-order valence-corrected chi connectivity index (χ3v) is 6.76. The van der Waals surface area contributed by atoms with Gasteiger partial charge in [0.1, 0.15) is 0 Å². The van der Waals surface area contributed by atoms with E-state index in [4.69, 9.17) is 0 Å². The molecule has 0 unspecified atom stereocenters. The average Bonchev–Trinajstić information content (AvgIpc) is 2.89. The molecule has 0 N–H and O–H groups in total. The number of nitrogens with zero attached hydrogens (tertiary/aromatic N) is 1. The molecule has 0 fully saturated rings. The van der Waals surface area contributed by atoms with Crippen LogP contribution in [0.1, 0.15) is 0 Å². The second kappa shape index (κ2) is 7.08. The van der Waals surface area contributed by atoms with Gasteiger partial charge < -0.3 is 4.90 Å². The zero-order valence-electron chi connectivity index (χ0n) is 18.1. The molecule has 33 heavy (non-hydrogen) atoms. The van der Waals surface area contributed by atoms with Crippen LogP contribution in [0, 0.1) is 0 Å². The van der Waals surface area contributed by atoms with E-state index in [1.54, 1.807) is 0 Å². The summed E-state index contributed by atoms with van der Waals surface area (Å²) in [5, 5.41) is 10.5. The first kappa shape index (κ1) is 18.2. The van der Waals surface area contributed by atoms with E-state index in [0.717, 1.165) is 11.4 Å². The third-order valence-electron chi connectivity index (χ3n) is 6.76. The summed E-state index contributed by atoms with van der Waals surface area (Å²) in [7, 11) is 0. The van der Waals surface area contributed by atoms with Crippen LogP contribution in [0.5, 0.6) is 0 Å². The van der Waals surface area contributed by atoms with Crippen LogP contribution >= 0.6 is 0 Å². The van der Waals surface area contributed by atoms with Crippen LogP contribution in [0.3, 0.4) is 0 Å². The van der Waals surface area contributed by atoms with Crippen LogP contribution in [-0.4, -0.2) is 0 Å². The quantitative estimate of drug-likeness (QED) is 0.204. The lowest BCUT2D eigenvalue weighted by atomic mass is 9.88. The average molecular weight is 420 g/mol. The summed E-state index contributed by atoms with van der Waals surface area (Å²) in [6, 6.07) is 45.9. The van der Waals surface area contributed by atoms with E-state index in [1.165, 1.54) is 48.8 Å². The molecule has 0 spiro atoms. The molecule has 1 heteroatoms. The number of benzene rings is 7. The Morgan fingerprint density at radius 3 is 1.55 bits per heavy atom. The molecule has 0 radical (unpaired) electrons. The molecule has 0 aromatic heterocycles. The predicted octanol–water partition coefficient (Wildman–Crippen LogP) is 9.21. The third kappa shape index (κ3) is 2.66. The Labute approximate surface area is 192 Å². The number of rotatable bonds is 3. The van der Waals surface area contributed by atoms with Crippen molar-refractivity contribution in [1.29, 1.82) is 0 Å². The monoisotopic (exact) mass is 419 g/mol. The van der Waals surface area contributed by atoms with Crippen molar-refractivity contribution in [2.75, 3.05) is 4.90 Å². The Morgan fingerprint density at radius 1 is 0.333 bits per heavy atom. The number of hydrogen-bond acceptors (Lipinski definition) is 1. The summed E-state index contributed by atoms with van der Waals surface area (Å²) < 4.78 is 0. The topological polar surface area (TPSA) is 3.24 Å². The normalized spacial score (nSPS) is 11.6. The SMILES string of the molecule is c1ccc(N(c2ccccc2)c2ccc3ccc4cccc5c6ccccc6c2c3c45)cc1. The van der Waals surface area contributed by atoms with E-state index >= 15 is 0 Å². The lowest BCUT2D eigenvalue weighted by Crippen LogP contribution is -2.10. The Kier molecular flexibility index (Phi) is 3.91. The molecule has 7 rings (SSSR count). The van der Waals surface area contributed by atoms with Crippen LogP contribution < -0.4 is 4.90 Å². The summed E-state index contributed by atoms with van der Waals surface area (Å²) in [4.78, 5) is 2.39. The standard InChI is InChI=1S/C32H21N/c1-3-11-24(12-4-1)33(25-13-5-2-6-14-25)29-21-20-23-19-18-22-10-9-17-27-26-15-7-8-16-28(26)32(29)31(23)30(22)27/h1-21H. The highest BCUT2D eigenvalue weighted by Gasteiger charge is 2.20. The molecule has 0 saturated carbocycles. The van der Waals surface area contributed by atoms with Gasteiger partial charge in [-0.15, -0.1) is 0 Å². The fourth-order valence-electron chi connectivity index (χ4n) is 5.38. The fourth-order valence-corrected chi connectivity index (χ4v) is 5.38. The molecule has 1 nitrogen and oxygen atoms in total. The fraction of sp³-hybridized carbons (Fsp3) is 0. The molecule has 0 aliphatic heterocycles. The summed E-state index contributed by atoms with van der Waals surface area (Å²) in [6.07, 6.45) is 0. The highest BCUT2D eigenvalue weighted by atomic mass is 15.1. The zero-order valence-corrected chi connectivity index (χ0v) is 18.1. The van der Waals surface area contributed by atoms with Crippen molar-refractivity contribution >= 4 is 60.2 Å². The number of anilines is 3. The number of fused-ring (bicyclic) bond motifs is 3. The molecule has 0 saturated heterocycles. The molecule has 7 aromatic carbocycles. The summed E-state index contributed by atoms with van der Waals surface area (Å²) in [6.45, 7) is 0. The largest absolute Gasteiger partial charge is 0.310 e. The van der Waals surface area contributed by atoms with Gasteiger partial charge >= 0.3 is 0 Å². The summed E-state index contributed by atoms with van der Waals surface area (Å²) in [5.41, 5.74) is 3.51. The van der Waals surface area contributed by atoms with Gasteiger partial charge in [0.15, 0.2) is 0 Å². The molecule has 0 atom stereocenters. The van der Waals surface area contributed by atoms with Crippen LogP contribution in [0.15, 0.2) is 127 Å². The van der Waals surface area contributed by atoms with Gasteiger partial charge in [0.05, 0.1) is 5.69 Å². The smallest absolute Gasteiger partial charge is 0.0546 e. The zero-order chi connectivity index (χ0) is 21.8. The van der Waals surface area contributed by atoms with Crippen LogP contribution in [0.2, 0.25) is 0 Å². The Balaban J connectivity index is 1.71. The van der Waals surface area contributed by atoms with Crippen molar-refractivity contribution in [2.24, 2.45) is 0 Å². The highest BCUT2D eigenvalue weighted by molar-refractivity contribution is 6.36. The molecular weight excluding hydrogens is 398 g/mol. The van der Waals surface area contributed by atoms with Crippen molar-refractivity contribution < 1.29 is 0 Å². The van der Waals surface area contributed by atoms with Gasteiger partial charge in [-0.2, -0.15) is 0 Å². The minimum absolute atomic E-state index is 1.16. The maximum atomic E-state index is 2.39. The first-order valence-corrected chi connectivity index (χ1v) is 11.4.